The minimum Gasteiger partial charge on any atom is -0.356 e. The molecule has 24 heavy (non-hydrogen) atoms. The zero-order valence-corrected chi connectivity index (χ0v) is 14.7. The number of hydrogen-bond donors (Lipinski definition) is 0. The van der Waals surface area contributed by atoms with Gasteiger partial charge in [0.25, 0.3) is 0 Å². The van der Waals surface area contributed by atoms with Crippen molar-refractivity contribution in [2.75, 3.05) is 6.54 Å². The van der Waals surface area contributed by atoms with Gasteiger partial charge < -0.3 is 4.90 Å². The zero-order chi connectivity index (χ0) is 16.9. The molecule has 2 aromatic carbocycles. The Bertz CT molecular complexity index is 791. The Balaban J connectivity index is 1.70. The number of benzene rings is 2. The van der Waals surface area contributed by atoms with E-state index in [-0.39, 0.29) is 0 Å². The summed E-state index contributed by atoms with van der Waals surface area (Å²) in [5, 5.41) is 0. The van der Waals surface area contributed by atoms with E-state index in [1.54, 1.807) is 0 Å². The summed E-state index contributed by atoms with van der Waals surface area (Å²) in [5.74, 6) is 6.53. The van der Waals surface area contributed by atoms with Crippen molar-refractivity contribution >= 4 is 6.34 Å². The molecule has 0 bridgehead atoms. The molecule has 2 heteroatoms. The highest BCUT2D eigenvalue weighted by atomic mass is 15.2. The third kappa shape index (κ3) is 4.06. The van der Waals surface area contributed by atoms with Crippen molar-refractivity contribution in [3.05, 3.63) is 70.3 Å². The van der Waals surface area contributed by atoms with E-state index in [4.69, 9.17) is 0 Å². The molecule has 0 aliphatic carbocycles. The Morgan fingerprint density at radius 2 is 1.79 bits per heavy atom. The van der Waals surface area contributed by atoms with E-state index in [2.05, 4.69) is 85.0 Å². The van der Waals surface area contributed by atoms with Gasteiger partial charge in [-0.2, -0.15) is 0 Å². The third-order valence-electron chi connectivity index (χ3n) is 4.41. The van der Waals surface area contributed by atoms with E-state index in [9.17, 15) is 0 Å². The molecule has 0 N–H and O–H groups in total. The first-order chi connectivity index (χ1) is 11.6. The molecule has 1 atom stereocenters. The van der Waals surface area contributed by atoms with Crippen molar-refractivity contribution in [3.63, 3.8) is 0 Å². The Labute approximate surface area is 145 Å². The van der Waals surface area contributed by atoms with Crippen molar-refractivity contribution in [1.82, 2.24) is 4.90 Å². The summed E-state index contributed by atoms with van der Waals surface area (Å²) in [6.07, 6.45) is 3.03. The molecule has 0 saturated heterocycles. The van der Waals surface area contributed by atoms with Gasteiger partial charge in [0.05, 0.1) is 12.4 Å². The molecule has 2 nitrogen and oxygen atoms in total. The van der Waals surface area contributed by atoms with Gasteiger partial charge in [-0.1, -0.05) is 37.0 Å². The van der Waals surface area contributed by atoms with Gasteiger partial charge in [-0.3, -0.25) is 4.99 Å². The second kappa shape index (κ2) is 7.36. The maximum atomic E-state index is 4.41. The van der Waals surface area contributed by atoms with Crippen molar-refractivity contribution < 1.29 is 0 Å². The van der Waals surface area contributed by atoms with Crippen LogP contribution in [0.25, 0.3) is 0 Å². The molecule has 0 aromatic heterocycles. The molecule has 2 aromatic rings. The summed E-state index contributed by atoms with van der Waals surface area (Å²) in [4.78, 5) is 6.69. The first-order valence-electron chi connectivity index (χ1n) is 8.62. The SMILES string of the molecule is CCc1ccc(C#Cc2ccc(CN3C=NC(C)C3)c(C)c2)cc1. The van der Waals surface area contributed by atoms with Gasteiger partial charge in [0.1, 0.15) is 0 Å². The molecule has 0 spiro atoms. The van der Waals surface area contributed by atoms with E-state index < -0.39 is 0 Å². The van der Waals surface area contributed by atoms with Crippen LogP contribution in [-0.4, -0.2) is 23.8 Å². The number of aliphatic imine (C=N–C) groups is 1. The minimum absolute atomic E-state index is 0.412. The summed E-state index contributed by atoms with van der Waals surface area (Å²) in [7, 11) is 0. The Morgan fingerprint density at radius 3 is 2.42 bits per heavy atom. The molecule has 1 aliphatic rings. The summed E-state index contributed by atoms with van der Waals surface area (Å²) >= 11 is 0. The number of hydrogen-bond acceptors (Lipinski definition) is 2. The maximum Gasteiger partial charge on any atom is 0.0857 e. The number of nitrogens with zero attached hydrogens (tertiary/aromatic N) is 2. The lowest BCUT2D eigenvalue weighted by atomic mass is 10.0. The van der Waals surface area contributed by atoms with E-state index in [0.717, 1.165) is 30.6 Å². The van der Waals surface area contributed by atoms with Gasteiger partial charge in [0.15, 0.2) is 0 Å². The smallest absolute Gasteiger partial charge is 0.0857 e. The molecule has 1 aliphatic heterocycles. The normalized spacial score (nSPS) is 16.1. The second-order valence-electron chi connectivity index (χ2n) is 6.48. The summed E-state index contributed by atoms with van der Waals surface area (Å²) in [6, 6.07) is 15.4. The molecule has 0 fully saturated rings. The Hall–Kier alpha value is -2.53. The predicted octanol–water partition coefficient (Wildman–Crippen LogP) is 4.19. The minimum atomic E-state index is 0.412. The molecular weight excluding hydrogens is 292 g/mol. The van der Waals surface area contributed by atoms with Gasteiger partial charge in [0, 0.05) is 24.2 Å². The van der Waals surface area contributed by atoms with E-state index in [0.29, 0.717) is 6.04 Å². The fraction of sp³-hybridized carbons (Fsp3) is 0.318. The van der Waals surface area contributed by atoms with Gasteiger partial charge in [0.2, 0.25) is 0 Å². The van der Waals surface area contributed by atoms with Crippen LogP contribution in [0.2, 0.25) is 0 Å². The molecule has 0 radical (unpaired) electrons. The number of rotatable bonds is 3. The zero-order valence-electron chi connectivity index (χ0n) is 14.7. The third-order valence-corrected chi connectivity index (χ3v) is 4.41. The molecule has 0 saturated carbocycles. The quantitative estimate of drug-likeness (QED) is 0.775. The van der Waals surface area contributed by atoms with Gasteiger partial charge in [-0.25, -0.2) is 0 Å². The summed E-state index contributed by atoms with van der Waals surface area (Å²) in [6.45, 7) is 8.41. The summed E-state index contributed by atoms with van der Waals surface area (Å²) < 4.78 is 0. The first kappa shape index (κ1) is 16.3. The van der Waals surface area contributed by atoms with Crippen LogP contribution in [0.3, 0.4) is 0 Å². The predicted molar refractivity (Wildman–Crippen MR) is 101 cm³/mol. The van der Waals surface area contributed by atoms with E-state index in [1.165, 1.54) is 16.7 Å². The highest BCUT2D eigenvalue weighted by Gasteiger charge is 2.13. The molecule has 1 unspecified atom stereocenters. The highest BCUT2D eigenvalue weighted by Crippen LogP contribution is 2.15. The van der Waals surface area contributed by atoms with Gasteiger partial charge in [-0.05, 0) is 61.2 Å². The largest absolute Gasteiger partial charge is 0.356 e. The summed E-state index contributed by atoms with van der Waals surface area (Å²) in [5.41, 5.74) is 6.11. The first-order valence-corrected chi connectivity index (χ1v) is 8.62. The van der Waals surface area contributed by atoms with Crippen LogP contribution in [0.15, 0.2) is 47.5 Å². The average molecular weight is 316 g/mol. The fourth-order valence-electron chi connectivity index (χ4n) is 2.89. The Kier molecular flexibility index (Phi) is 5.01. The van der Waals surface area contributed by atoms with Crippen LogP contribution in [-0.2, 0) is 13.0 Å². The lowest BCUT2D eigenvalue weighted by molar-refractivity contribution is 0.433. The lowest BCUT2D eigenvalue weighted by Gasteiger charge is -2.16. The standard InChI is InChI=1S/C22H24N2/c1-4-19-5-7-20(8-6-19)9-10-21-11-12-22(17(2)13-21)15-24-14-18(3)23-16-24/h5-8,11-13,16,18H,4,14-15H2,1-3H3. The van der Waals surface area contributed by atoms with E-state index >= 15 is 0 Å². The van der Waals surface area contributed by atoms with Crippen LogP contribution < -0.4 is 0 Å². The van der Waals surface area contributed by atoms with Crippen molar-refractivity contribution in [1.29, 1.82) is 0 Å². The number of aryl methyl sites for hydroxylation is 2. The van der Waals surface area contributed by atoms with Crippen LogP contribution >= 0.6 is 0 Å². The van der Waals surface area contributed by atoms with E-state index in [1.807, 2.05) is 6.34 Å². The topological polar surface area (TPSA) is 15.6 Å². The van der Waals surface area contributed by atoms with Crippen LogP contribution in [0, 0.1) is 18.8 Å². The molecular formula is C22H24N2. The Morgan fingerprint density at radius 1 is 1.08 bits per heavy atom. The molecule has 1 heterocycles. The maximum absolute atomic E-state index is 4.41. The molecule has 122 valence electrons. The van der Waals surface area contributed by atoms with Crippen molar-refractivity contribution in [3.8, 4) is 11.8 Å². The average Bonchev–Trinajstić information content (AvgIpc) is 3.00. The monoisotopic (exact) mass is 316 g/mol. The van der Waals surface area contributed by atoms with Crippen LogP contribution in [0.1, 0.15) is 41.7 Å². The van der Waals surface area contributed by atoms with Crippen LogP contribution in [0.5, 0.6) is 0 Å². The fourth-order valence-corrected chi connectivity index (χ4v) is 2.89. The van der Waals surface area contributed by atoms with Crippen molar-refractivity contribution in [2.45, 2.75) is 39.8 Å². The van der Waals surface area contributed by atoms with Gasteiger partial charge in [-0.15, -0.1) is 0 Å². The van der Waals surface area contributed by atoms with Crippen molar-refractivity contribution in [2.24, 2.45) is 4.99 Å². The molecule has 3 rings (SSSR count). The molecule has 0 amide bonds. The second-order valence-corrected chi connectivity index (χ2v) is 6.48. The lowest BCUT2D eigenvalue weighted by Crippen LogP contribution is -2.22. The highest BCUT2D eigenvalue weighted by molar-refractivity contribution is 5.58. The van der Waals surface area contributed by atoms with Crippen LogP contribution in [0.4, 0.5) is 0 Å². The van der Waals surface area contributed by atoms with Gasteiger partial charge >= 0.3 is 0 Å².